The topological polar surface area (TPSA) is 17.3 Å². The Morgan fingerprint density at radius 1 is 1.42 bits per heavy atom. The molecule has 5 heteroatoms. The normalized spacial score (nSPS) is 9.75. The van der Waals surface area contributed by atoms with Gasteiger partial charge in [-0.15, -0.1) is 0 Å². The summed E-state index contributed by atoms with van der Waals surface area (Å²) in [5.74, 6) is 0. The Hall–Kier alpha value is 0.200. The fourth-order valence-electron chi connectivity index (χ4n) is 0.945. The van der Waals surface area contributed by atoms with Crippen LogP contribution in [0.15, 0.2) is 29.4 Å². The quantitative estimate of drug-likeness (QED) is 0.402. The van der Waals surface area contributed by atoms with Gasteiger partial charge in [0.25, 0.3) is 0 Å². The summed E-state index contributed by atoms with van der Waals surface area (Å²) in [6, 6.07) is 3.59. The molecule has 0 bridgehead atoms. The van der Waals surface area contributed by atoms with Crippen LogP contribution in [0.3, 0.4) is 0 Å². The molecule has 2 aromatic heterocycles. The van der Waals surface area contributed by atoms with E-state index in [1.807, 2.05) is 6.07 Å². The molecule has 2 heterocycles. The first kappa shape index (κ1) is 10.3. The molecule has 0 aromatic carbocycles. The van der Waals surface area contributed by atoms with E-state index in [-0.39, 0.29) is 29.6 Å². The van der Waals surface area contributed by atoms with Crippen molar-refractivity contribution in [2.45, 2.75) is 4.90 Å². The molecule has 0 N–H and O–H groups in total. The van der Waals surface area contributed by atoms with Crippen molar-refractivity contribution in [2.75, 3.05) is 0 Å². The summed E-state index contributed by atoms with van der Waals surface area (Å²) in [7, 11) is 0. The van der Waals surface area contributed by atoms with Crippen molar-refractivity contribution in [3.05, 3.63) is 29.5 Å². The number of aromatic nitrogens is 2. The maximum absolute atomic E-state index is 5.90. The minimum absolute atomic E-state index is 0. The predicted octanol–water partition coefficient (Wildman–Crippen LogP) is -1.10. The van der Waals surface area contributed by atoms with Crippen LogP contribution >= 0.6 is 11.6 Å². The zero-order valence-electron chi connectivity index (χ0n) is 6.49. The van der Waals surface area contributed by atoms with Gasteiger partial charge in [0.05, 0.1) is 11.7 Å². The minimum Gasteiger partial charge on any atom is -0.778 e. The van der Waals surface area contributed by atoms with E-state index in [9.17, 15) is 0 Å². The first-order valence-electron chi connectivity index (χ1n) is 3.08. The number of halogens is 1. The van der Waals surface area contributed by atoms with Gasteiger partial charge in [-0.05, 0) is 6.07 Å². The molecule has 0 radical (unpaired) electrons. The molecule has 2 nitrogen and oxygen atoms in total. The van der Waals surface area contributed by atoms with Crippen LogP contribution < -0.4 is 29.6 Å². The zero-order chi connectivity index (χ0) is 7.84. The standard InChI is InChI=1S/C7H5ClN2S.Na/c8-7-5-1-3-9-10(5)4-2-6(7)11;/h1-4,11H;/q;+1/p-1. The van der Waals surface area contributed by atoms with Crippen LogP contribution in [-0.4, -0.2) is 9.61 Å². The third kappa shape index (κ3) is 1.60. The molecule has 12 heavy (non-hydrogen) atoms. The average Bonchev–Trinajstić information content (AvgIpc) is 2.45. The van der Waals surface area contributed by atoms with Crippen molar-refractivity contribution >= 4 is 29.7 Å². The van der Waals surface area contributed by atoms with Crippen LogP contribution in [-0.2, 0) is 12.6 Å². The smallest absolute Gasteiger partial charge is 0.778 e. The SMILES string of the molecule is [Na+].[S-]c1ccn2nccc2c1Cl. The fourth-order valence-corrected chi connectivity index (χ4v) is 1.32. The fraction of sp³-hybridized carbons (Fsp3) is 0. The Morgan fingerprint density at radius 2 is 2.17 bits per heavy atom. The van der Waals surface area contributed by atoms with Gasteiger partial charge in [-0.3, -0.25) is 0 Å². The predicted molar refractivity (Wildman–Crippen MR) is 45.8 cm³/mol. The molecule has 0 aliphatic rings. The molecule has 0 fully saturated rings. The van der Waals surface area contributed by atoms with Crippen molar-refractivity contribution in [1.29, 1.82) is 0 Å². The van der Waals surface area contributed by atoms with Crippen molar-refractivity contribution in [3.8, 4) is 0 Å². The molecule has 0 atom stereocenters. The van der Waals surface area contributed by atoms with Gasteiger partial charge in [0.2, 0.25) is 0 Å². The van der Waals surface area contributed by atoms with E-state index in [1.54, 1.807) is 23.0 Å². The van der Waals surface area contributed by atoms with Gasteiger partial charge in [-0.2, -0.15) is 9.99 Å². The van der Waals surface area contributed by atoms with Crippen LogP contribution in [0.5, 0.6) is 0 Å². The van der Waals surface area contributed by atoms with E-state index in [2.05, 4.69) is 5.10 Å². The van der Waals surface area contributed by atoms with Crippen LogP contribution in [0.4, 0.5) is 0 Å². The Bertz CT molecular complexity index is 401. The Labute approximate surface area is 103 Å². The van der Waals surface area contributed by atoms with Gasteiger partial charge in [-0.1, -0.05) is 17.7 Å². The second-order valence-corrected chi connectivity index (χ2v) is 2.97. The van der Waals surface area contributed by atoms with Gasteiger partial charge >= 0.3 is 29.6 Å². The second-order valence-electron chi connectivity index (χ2n) is 2.15. The Balaban J connectivity index is 0.000000720. The van der Waals surface area contributed by atoms with Gasteiger partial charge in [0.1, 0.15) is 0 Å². The molecule has 0 spiro atoms. The number of pyridine rings is 1. The summed E-state index contributed by atoms with van der Waals surface area (Å²) in [4.78, 5) is 0.666. The van der Waals surface area contributed by atoms with E-state index >= 15 is 0 Å². The molecule has 0 saturated carbocycles. The number of fused-ring (bicyclic) bond motifs is 1. The van der Waals surface area contributed by atoms with Crippen LogP contribution in [0.2, 0.25) is 5.02 Å². The van der Waals surface area contributed by atoms with Crippen LogP contribution in [0.1, 0.15) is 0 Å². The third-order valence-corrected chi connectivity index (χ3v) is 2.33. The van der Waals surface area contributed by atoms with Crippen LogP contribution in [0, 0.1) is 0 Å². The first-order valence-corrected chi connectivity index (χ1v) is 3.86. The second kappa shape index (κ2) is 3.94. The van der Waals surface area contributed by atoms with Crippen molar-refractivity contribution in [3.63, 3.8) is 0 Å². The van der Waals surface area contributed by atoms with Crippen LogP contribution in [0.25, 0.3) is 5.52 Å². The summed E-state index contributed by atoms with van der Waals surface area (Å²) in [6.07, 6.45) is 3.49. The number of nitrogens with zero attached hydrogens (tertiary/aromatic N) is 2. The first-order chi connectivity index (χ1) is 5.29. The van der Waals surface area contributed by atoms with E-state index in [4.69, 9.17) is 24.2 Å². The summed E-state index contributed by atoms with van der Waals surface area (Å²) >= 11 is 10.9. The van der Waals surface area contributed by atoms with Crippen molar-refractivity contribution in [2.24, 2.45) is 0 Å². The summed E-state index contributed by atoms with van der Waals surface area (Å²) in [5.41, 5.74) is 0.860. The van der Waals surface area contributed by atoms with E-state index in [1.165, 1.54) is 0 Å². The van der Waals surface area contributed by atoms with Gasteiger partial charge in [0.15, 0.2) is 0 Å². The minimum atomic E-state index is 0. The molecule has 0 unspecified atom stereocenters. The van der Waals surface area contributed by atoms with Crippen molar-refractivity contribution in [1.82, 2.24) is 9.61 Å². The van der Waals surface area contributed by atoms with Gasteiger partial charge in [-0.25, -0.2) is 4.52 Å². The van der Waals surface area contributed by atoms with E-state index < -0.39 is 0 Å². The summed E-state index contributed by atoms with van der Waals surface area (Å²) < 4.78 is 1.69. The van der Waals surface area contributed by atoms with Crippen molar-refractivity contribution < 1.29 is 29.6 Å². The molecular weight excluding hydrogens is 203 g/mol. The van der Waals surface area contributed by atoms with Gasteiger partial charge < -0.3 is 12.6 Å². The largest absolute Gasteiger partial charge is 1.00 e. The third-order valence-electron chi connectivity index (χ3n) is 1.48. The maximum atomic E-state index is 5.90. The average molecular weight is 207 g/mol. The zero-order valence-corrected chi connectivity index (χ0v) is 10.1. The van der Waals surface area contributed by atoms with E-state index in [0.29, 0.717) is 9.92 Å². The molecule has 0 aliphatic heterocycles. The molecule has 0 aliphatic carbocycles. The number of hydrogen-bond donors (Lipinski definition) is 0. The molecule has 0 saturated heterocycles. The molecule has 56 valence electrons. The number of rotatable bonds is 0. The summed E-state index contributed by atoms with van der Waals surface area (Å²) in [6.45, 7) is 0. The Morgan fingerprint density at radius 3 is 2.92 bits per heavy atom. The molecular formula is C7H4ClN2NaS. The molecule has 2 rings (SSSR count). The summed E-state index contributed by atoms with van der Waals surface area (Å²) in [5, 5.41) is 4.60. The van der Waals surface area contributed by atoms with E-state index in [0.717, 1.165) is 5.52 Å². The van der Waals surface area contributed by atoms with Gasteiger partial charge in [0, 0.05) is 11.2 Å². The monoisotopic (exact) mass is 206 g/mol. The Kier molecular flexibility index (Phi) is 3.37. The maximum Gasteiger partial charge on any atom is 1.00 e. The number of hydrogen-bond acceptors (Lipinski definition) is 2. The molecule has 2 aromatic rings. The molecule has 0 amide bonds.